The predicted molar refractivity (Wildman–Crippen MR) is 95.7 cm³/mol. The van der Waals surface area contributed by atoms with Crippen LogP contribution in [0.4, 0.5) is 4.79 Å². The first kappa shape index (κ1) is 19.0. The molecule has 4 N–H and O–H groups in total. The Kier molecular flexibility index (Phi) is 7.82. The van der Waals surface area contributed by atoms with Crippen LogP contribution >= 0.6 is 0 Å². The summed E-state index contributed by atoms with van der Waals surface area (Å²) in [4.78, 5) is 25.4. The molecule has 24 heavy (non-hydrogen) atoms. The summed E-state index contributed by atoms with van der Waals surface area (Å²) in [5, 5.41) is 5.75. The van der Waals surface area contributed by atoms with Crippen molar-refractivity contribution in [2.75, 3.05) is 26.2 Å². The van der Waals surface area contributed by atoms with Gasteiger partial charge in [-0.15, -0.1) is 0 Å². The smallest absolute Gasteiger partial charge is 0.312 e. The number of carbonyl (C=O) groups is 2. The molecular weight excluding hydrogens is 304 g/mol. The van der Waals surface area contributed by atoms with Crippen LogP contribution in [0, 0.1) is 0 Å². The van der Waals surface area contributed by atoms with E-state index in [-0.39, 0.29) is 11.4 Å². The number of nitrogens with zero attached hydrogens (tertiary/aromatic N) is 1. The average molecular weight is 338 g/mol. The second-order valence-corrected chi connectivity index (χ2v) is 7.36. The molecule has 2 fully saturated rings. The fourth-order valence-corrected chi connectivity index (χ4v) is 4.16. The molecule has 0 radical (unpaired) electrons. The molecule has 1 saturated heterocycles. The number of nitrogens with one attached hydrogen (secondary N) is 2. The summed E-state index contributed by atoms with van der Waals surface area (Å²) in [5.41, 5.74) is 5.21. The van der Waals surface area contributed by atoms with E-state index in [0.717, 1.165) is 19.4 Å². The first-order valence-electron chi connectivity index (χ1n) is 9.67. The Morgan fingerprint density at radius 2 is 1.58 bits per heavy atom. The van der Waals surface area contributed by atoms with Crippen LogP contribution in [0.3, 0.4) is 0 Å². The second kappa shape index (κ2) is 9.87. The van der Waals surface area contributed by atoms with Gasteiger partial charge in [0.25, 0.3) is 0 Å². The third-order valence-electron chi connectivity index (χ3n) is 5.56. The minimum Gasteiger partial charge on any atom is -0.354 e. The highest BCUT2D eigenvalue weighted by atomic mass is 16.2. The van der Waals surface area contributed by atoms with E-state index in [2.05, 4.69) is 15.5 Å². The van der Waals surface area contributed by atoms with Crippen LogP contribution < -0.4 is 16.4 Å². The zero-order valence-electron chi connectivity index (χ0n) is 14.9. The highest BCUT2D eigenvalue weighted by Crippen LogP contribution is 2.35. The number of piperidine rings is 1. The molecule has 1 saturated carbocycles. The van der Waals surface area contributed by atoms with Gasteiger partial charge in [-0.05, 0) is 51.6 Å². The van der Waals surface area contributed by atoms with E-state index in [1.165, 1.54) is 64.5 Å². The van der Waals surface area contributed by atoms with Gasteiger partial charge in [0.05, 0.1) is 0 Å². The molecule has 2 rings (SSSR count). The molecule has 1 aliphatic heterocycles. The van der Waals surface area contributed by atoms with Gasteiger partial charge >= 0.3 is 6.03 Å². The van der Waals surface area contributed by atoms with E-state index in [1.54, 1.807) is 0 Å². The topological polar surface area (TPSA) is 87.5 Å². The third-order valence-corrected chi connectivity index (χ3v) is 5.56. The molecule has 138 valence electrons. The lowest BCUT2D eigenvalue weighted by atomic mass is 9.79. The van der Waals surface area contributed by atoms with Crippen LogP contribution in [0.2, 0.25) is 0 Å². The molecule has 0 aromatic carbocycles. The van der Waals surface area contributed by atoms with Gasteiger partial charge in [0.1, 0.15) is 0 Å². The number of unbranched alkanes of at least 4 members (excludes halogenated alkanes) is 1. The fourth-order valence-electron chi connectivity index (χ4n) is 4.16. The zero-order valence-corrected chi connectivity index (χ0v) is 14.9. The van der Waals surface area contributed by atoms with Crippen LogP contribution in [-0.2, 0) is 4.79 Å². The second-order valence-electron chi connectivity index (χ2n) is 7.36. The summed E-state index contributed by atoms with van der Waals surface area (Å²) in [6.45, 7) is 3.72. The largest absolute Gasteiger partial charge is 0.354 e. The number of carbonyl (C=O) groups excluding carboxylic acids is 2. The normalized spacial score (nSPS) is 21.2. The summed E-state index contributed by atoms with van der Waals surface area (Å²) >= 11 is 0. The molecule has 6 nitrogen and oxygen atoms in total. The molecule has 0 spiro atoms. The van der Waals surface area contributed by atoms with Crippen molar-refractivity contribution < 1.29 is 9.59 Å². The summed E-state index contributed by atoms with van der Waals surface area (Å²) in [7, 11) is 0. The summed E-state index contributed by atoms with van der Waals surface area (Å²) < 4.78 is 0. The van der Waals surface area contributed by atoms with Crippen LogP contribution in [0.15, 0.2) is 0 Å². The van der Waals surface area contributed by atoms with Crippen molar-refractivity contribution in [3.63, 3.8) is 0 Å². The van der Waals surface area contributed by atoms with E-state index in [9.17, 15) is 9.59 Å². The molecule has 0 atom stereocenters. The van der Waals surface area contributed by atoms with Crippen LogP contribution in [0.25, 0.3) is 0 Å². The minimum atomic E-state index is -0.500. The standard InChI is InChI=1S/C18H34N4O2/c19-17(24)20-12-6-3-9-16(23)21-15-18(10-4-1-5-11-18)22-13-7-2-8-14-22/h1-15H2,(H,21,23)(H3,19,20,24). The number of nitrogens with two attached hydrogens (primary N) is 1. The van der Waals surface area contributed by atoms with Crippen molar-refractivity contribution in [1.82, 2.24) is 15.5 Å². The Balaban J connectivity index is 1.73. The number of hydrogen-bond donors (Lipinski definition) is 3. The lowest BCUT2D eigenvalue weighted by molar-refractivity contribution is -0.122. The highest BCUT2D eigenvalue weighted by molar-refractivity contribution is 5.76. The maximum Gasteiger partial charge on any atom is 0.312 e. The zero-order chi connectivity index (χ0) is 17.3. The van der Waals surface area contributed by atoms with Crippen molar-refractivity contribution in [2.24, 2.45) is 5.73 Å². The van der Waals surface area contributed by atoms with Gasteiger partial charge < -0.3 is 16.4 Å². The first-order valence-corrected chi connectivity index (χ1v) is 9.67. The Morgan fingerprint density at radius 1 is 0.917 bits per heavy atom. The lowest BCUT2D eigenvalue weighted by Crippen LogP contribution is -2.58. The Morgan fingerprint density at radius 3 is 2.25 bits per heavy atom. The monoisotopic (exact) mass is 338 g/mol. The SMILES string of the molecule is NC(=O)NCCCCC(=O)NCC1(N2CCCCC2)CCCCC1. The van der Waals surface area contributed by atoms with Gasteiger partial charge in [-0.1, -0.05) is 25.7 Å². The van der Waals surface area contributed by atoms with Crippen LogP contribution in [0.5, 0.6) is 0 Å². The molecule has 2 aliphatic rings. The van der Waals surface area contributed by atoms with Gasteiger partial charge in [0.2, 0.25) is 5.91 Å². The Labute approximate surface area is 145 Å². The maximum atomic E-state index is 12.2. The van der Waals surface area contributed by atoms with Crippen molar-refractivity contribution >= 4 is 11.9 Å². The lowest BCUT2D eigenvalue weighted by Gasteiger charge is -2.48. The molecule has 0 aromatic heterocycles. The van der Waals surface area contributed by atoms with Crippen LogP contribution in [-0.4, -0.2) is 48.6 Å². The number of amides is 3. The minimum absolute atomic E-state index is 0.135. The van der Waals surface area contributed by atoms with Gasteiger partial charge in [0, 0.05) is 25.0 Å². The summed E-state index contributed by atoms with van der Waals surface area (Å²) in [6, 6.07) is -0.500. The molecule has 3 amide bonds. The third kappa shape index (κ3) is 5.96. The van der Waals surface area contributed by atoms with Crippen LogP contribution in [0.1, 0.15) is 70.6 Å². The molecule has 1 aliphatic carbocycles. The molecule has 0 aromatic rings. The summed E-state index contributed by atoms with van der Waals surface area (Å²) in [5.74, 6) is 0.135. The van der Waals surface area contributed by atoms with E-state index < -0.39 is 6.03 Å². The van der Waals surface area contributed by atoms with Crippen molar-refractivity contribution in [2.45, 2.75) is 76.2 Å². The van der Waals surface area contributed by atoms with Gasteiger partial charge in [-0.2, -0.15) is 0 Å². The Bertz CT molecular complexity index is 402. The number of hydrogen-bond acceptors (Lipinski definition) is 3. The molecule has 0 bridgehead atoms. The maximum absolute atomic E-state index is 12.2. The molecular formula is C18H34N4O2. The van der Waals surface area contributed by atoms with E-state index in [4.69, 9.17) is 5.73 Å². The molecule has 6 heteroatoms. The van der Waals surface area contributed by atoms with Crippen molar-refractivity contribution in [1.29, 1.82) is 0 Å². The van der Waals surface area contributed by atoms with Crippen molar-refractivity contribution in [3.05, 3.63) is 0 Å². The van der Waals surface area contributed by atoms with Gasteiger partial charge in [-0.25, -0.2) is 4.79 Å². The van der Waals surface area contributed by atoms with E-state index >= 15 is 0 Å². The quantitative estimate of drug-likeness (QED) is 0.593. The fraction of sp³-hybridized carbons (Fsp3) is 0.889. The number of primary amides is 1. The van der Waals surface area contributed by atoms with Gasteiger partial charge in [0.15, 0.2) is 0 Å². The first-order chi connectivity index (χ1) is 11.6. The number of urea groups is 1. The van der Waals surface area contributed by atoms with Crippen molar-refractivity contribution in [3.8, 4) is 0 Å². The Hall–Kier alpha value is -1.30. The number of likely N-dealkylation sites (tertiary alicyclic amines) is 1. The van der Waals surface area contributed by atoms with E-state index in [1.807, 2.05) is 0 Å². The molecule has 1 heterocycles. The van der Waals surface area contributed by atoms with E-state index in [0.29, 0.717) is 13.0 Å². The highest BCUT2D eigenvalue weighted by Gasteiger charge is 2.38. The average Bonchev–Trinajstić information content (AvgIpc) is 2.61. The van der Waals surface area contributed by atoms with Gasteiger partial charge in [-0.3, -0.25) is 9.69 Å². The molecule has 0 unspecified atom stereocenters. The summed E-state index contributed by atoms with van der Waals surface area (Å²) in [6.07, 6.45) is 12.4. The predicted octanol–water partition coefficient (Wildman–Crippen LogP) is 2.13. The number of rotatable bonds is 8.